The van der Waals surface area contributed by atoms with Crippen molar-refractivity contribution >= 4 is 22.8 Å². The van der Waals surface area contributed by atoms with E-state index in [0.29, 0.717) is 25.9 Å². The molecular weight excluding hydrogens is 296 g/mol. The number of hydrogen-bond acceptors (Lipinski definition) is 5. The number of imidazole rings is 1. The number of piperidine rings is 1. The molecule has 1 fully saturated rings. The maximum absolute atomic E-state index is 11.9. The van der Waals surface area contributed by atoms with Crippen molar-refractivity contribution in [2.24, 2.45) is 0 Å². The van der Waals surface area contributed by atoms with Gasteiger partial charge < -0.3 is 19.0 Å². The van der Waals surface area contributed by atoms with E-state index in [1.165, 1.54) is 0 Å². The minimum Gasteiger partial charge on any atom is -0.479 e. The van der Waals surface area contributed by atoms with E-state index in [0.717, 1.165) is 16.8 Å². The Morgan fingerprint density at radius 1 is 1.26 bits per heavy atom. The number of carbonyl (C=O) groups is 1. The Kier molecular flexibility index (Phi) is 3.07. The monoisotopic (exact) mass is 312 g/mol. The van der Waals surface area contributed by atoms with E-state index >= 15 is 0 Å². The molecule has 23 heavy (non-hydrogen) atoms. The highest BCUT2D eigenvalue weighted by Gasteiger charge is 2.43. The van der Waals surface area contributed by atoms with Crippen molar-refractivity contribution in [1.29, 1.82) is 0 Å². The summed E-state index contributed by atoms with van der Waals surface area (Å²) < 4.78 is 7.12. The molecule has 4 heterocycles. The van der Waals surface area contributed by atoms with Gasteiger partial charge in [0.15, 0.2) is 0 Å². The van der Waals surface area contributed by atoms with Crippen LogP contribution >= 0.6 is 0 Å². The Hall–Kier alpha value is -2.83. The molecule has 0 unspecified atom stereocenters. The molecule has 7 nitrogen and oxygen atoms in total. The number of aromatic nitrogens is 3. The number of aliphatic carboxylic acids is 1. The molecule has 0 saturated carbocycles. The summed E-state index contributed by atoms with van der Waals surface area (Å²) in [6.07, 6.45) is 9.27. The zero-order valence-corrected chi connectivity index (χ0v) is 12.4. The van der Waals surface area contributed by atoms with Crippen molar-refractivity contribution in [3.8, 4) is 0 Å². The van der Waals surface area contributed by atoms with Crippen LogP contribution < -0.4 is 4.90 Å². The van der Waals surface area contributed by atoms with E-state index in [1.807, 2.05) is 12.1 Å². The van der Waals surface area contributed by atoms with Crippen LogP contribution in [0.5, 0.6) is 0 Å². The molecule has 0 spiro atoms. The number of carboxylic acid groups (broad SMARTS) is 1. The number of carboxylic acids is 1. The maximum atomic E-state index is 11.9. The van der Waals surface area contributed by atoms with Crippen molar-refractivity contribution in [1.82, 2.24) is 14.5 Å². The summed E-state index contributed by atoms with van der Waals surface area (Å²) in [5.41, 5.74) is -0.142. The molecule has 0 radical (unpaired) electrons. The van der Waals surface area contributed by atoms with Crippen LogP contribution in [0.25, 0.3) is 11.0 Å². The molecule has 3 aromatic heterocycles. The fraction of sp³-hybridized carbons (Fsp3) is 0.312. The predicted molar refractivity (Wildman–Crippen MR) is 83.3 cm³/mol. The summed E-state index contributed by atoms with van der Waals surface area (Å²) in [5.74, 6) is 0.0329. The van der Waals surface area contributed by atoms with Crippen LogP contribution in [0.1, 0.15) is 12.8 Å². The van der Waals surface area contributed by atoms with Crippen molar-refractivity contribution in [3.63, 3.8) is 0 Å². The fourth-order valence-electron chi connectivity index (χ4n) is 3.32. The molecule has 0 amide bonds. The predicted octanol–water partition coefficient (Wildman–Crippen LogP) is 2.10. The Balaban J connectivity index is 1.64. The van der Waals surface area contributed by atoms with Gasteiger partial charge in [0.25, 0.3) is 0 Å². The third-order valence-electron chi connectivity index (χ3n) is 4.65. The van der Waals surface area contributed by atoms with Gasteiger partial charge in [-0.3, -0.25) is 0 Å². The van der Waals surface area contributed by atoms with Gasteiger partial charge >= 0.3 is 5.97 Å². The van der Waals surface area contributed by atoms with Gasteiger partial charge in [-0.05, 0) is 25.0 Å². The van der Waals surface area contributed by atoms with Crippen molar-refractivity contribution in [3.05, 3.63) is 43.3 Å². The van der Waals surface area contributed by atoms with Crippen LogP contribution in [0.4, 0.5) is 5.82 Å². The largest absolute Gasteiger partial charge is 0.479 e. The highest BCUT2D eigenvalue weighted by molar-refractivity contribution is 5.88. The maximum Gasteiger partial charge on any atom is 0.330 e. The van der Waals surface area contributed by atoms with Crippen molar-refractivity contribution < 1.29 is 14.3 Å². The van der Waals surface area contributed by atoms with Crippen LogP contribution in [-0.2, 0) is 10.3 Å². The summed E-state index contributed by atoms with van der Waals surface area (Å²) in [5, 5.41) is 10.7. The van der Waals surface area contributed by atoms with Crippen LogP contribution in [-0.4, -0.2) is 38.7 Å². The van der Waals surface area contributed by atoms with Gasteiger partial charge in [-0.25, -0.2) is 14.8 Å². The SMILES string of the molecule is O=C(O)C1(n2ccnc2)CCN(c2nccc3occc23)CC1. The van der Waals surface area contributed by atoms with Crippen LogP contribution in [0.3, 0.4) is 0 Å². The van der Waals surface area contributed by atoms with Gasteiger partial charge in [0.05, 0.1) is 18.0 Å². The third-order valence-corrected chi connectivity index (χ3v) is 4.65. The first kappa shape index (κ1) is 13.8. The highest BCUT2D eigenvalue weighted by Crippen LogP contribution is 2.34. The number of furan rings is 1. The molecule has 7 heteroatoms. The van der Waals surface area contributed by atoms with Gasteiger partial charge in [0, 0.05) is 31.7 Å². The van der Waals surface area contributed by atoms with Gasteiger partial charge in [-0.15, -0.1) is 0 Å². The Bertz CT molecular complexity index is 832. The molecule has 1 aliphatic rings. The van der Waals surface area contributed by atoms with Crippen LogP contribution in [0.15, 0.2) is 47.7 Å². The molecule has 0 atom stereocenters. The first-order valence-electron chi connectivity index (χ1n) is 7.50. The van der Waals surface area contributed by atoms with Gasteiger partial charge in [-0.1, -0.05) is 0 Å². The first-order chi connectivity index (χ1) is 11.2. The minimum atomic E-state index is -0.933. The van der Waals surface area contributed by atoms with Gasteiger partial charge in [0.2, 0.25) is 0 Å². The lowest BCUT2D eigenvalue weighted by molar-refractivity contribution is -0.148. The molecule has 0 aliphatic carbocycles. The van der Waals surface area contributed by atoms with Crippen LogP contribution in [0, 0.1) is 0 Å². The quantitative estimate of drug-likeness (QED) is 0.797. The van der Waals surface area contributed by atoms with Gasteiger partial charge in [0.1, 0.15) is 16.9 Å². The Morgan fingerprint density at radius 3 is 2.78 bits per heavy atom. The summed E-state index contributed by atoms with van der Waals surface area (Å²) in [6, 6.07) is 3.72. The lowest BCUT2D eigenvalue weighted by Gasteiger charge is -2.40. The topological polar surface area (TPSA) is 84.4 Å². The molecule has 1 N–H and O–H groups in total. The number of nitrogens with zero attached hydrogens (tertiary/aromatic N) is 4. The zero-order valence-electron chi connectivity index (χ0n) is 12.4. The molecule has 3 aromatic rings. The zero-order chi connectivity index (χ0) is 15.9. The van der Waals surface area contributed by atoms with E-state index < -0.39 is 11.5 Å². The van der Waals surface area contributed by atoms with Crippen molar-refractivity contribution in [2.75, 3.05) is 18.0 Å². The van der Waals surface area contributed by atoms with E-state index in [-0.39, 0.29) is 0 Å². The standard InChI is InChI=1S/C16H16N4O3/c21-15(22)16(20-9-6-17-11-20)3-7-19(8-4-16)14-12-2-10-23-13(12)1-5-18-14/h1-2,5-6,9-11H,3-4,7-8H2,(H,21,22). The lowest BCUT2D eigenvalue weighted by Crippen LogP contribution is -2.51. The first-order valence-corrected chi connectivity index (χ1v) is 7.50. The van der Waals surface area contributed by atoms with E-state index in [4.69, 9.17) is 4.42 Å². The highest BCUT2D eigenvalue weighted by atomic mass is 16.4. The summed E-state index contributed by atoms with van der Waals surface area (Å²) in [4.78, 5) is 22.5. The molecule has 4 rings (SSSR count). The number of anilines is 1. The average molecular weight is 312 g/mol. The summed E-state index contributed by atoms with van der Waals surface area (Å²) in [6.45, 7) is 1.23. The van der Waals surface area contributed by atoms with E-state index in [2.05, 4.69) is 14.9 Å². The third kappa shape index (κ3) is 2.08. The lowest BCUT2D eigenvalue weighted by atomic mass is 9.87. The number of fused-ring (bicyclic) bond motifs is 1. The Labute approximate surface area is 132 Å². The van der Waals surface area contributed by atoms with Gasteiger partial charge in [-0.2, -0.15) is 0 Å². The minimum absolute atomic E-state index is 0.495. The number of hydrogen-bond donors (Lipinski definition) is 1. The molecule has 0 aromatic carbocycles. The van der Waals surface area contributed by atoms with E-state index in [1.54, 1.807) is 35.7 Å². The summed E-state index contributed by atoms with van der Waals surface area (Å²) >= 11 is 0. The Morgan fingerprint density at radius 2 is 2.09 bits per heavy atom. The summed E-state index contributed by atoms with van der Waals surface area (Å²) in [7, 11) is 0. The second kappa shape index (κ2) is 5.12. The van der Waals surface area contributed by atoms with E-state index in [9.17, 15) is 9.90 Å². The van der Waals surface area contributed by atoms with Crippen molar-refractivity contribution in [2.45, 2.75) is 18.4 Å². The number of pyridine rings is 1. The molecule has 1 saturated heterocycles. The smallest absolute Gasteiger partial charge is 0.330 e. The molecular formula is C16H16N4O3. The second-order valence-corrected chi connectivity index (χ2v) is 5.76. The normalized spacial score (nSPS) is 17.5. The van der Waals surface area contributed by atoms with Crippen LogP contribution in [0.2, 0.25) is 0 Å². The fourth-order valence-corrected chi connectivity index (χ4v) is 3.32. The second-order valence-electron chi connectivity index (χ2n) is 5.76. The number of rotatable bonds is 3. The molecule has 118 valence electrons. The molecule has 1 aliphatic heterocycles. The molecule has 0 bridgehead atoms. The average Bonchev–Trinajstić information content (AvgIpc) is 3.26.